The van der Waals surface area contributed by atoms with Crippen LogP contribution in [-0.2, 0) is 22.7 Å². The lowest BCUT2D eigenvalue weighted by atomic mass is 10.1. The van der Waals surface area contributed by atoms with Crippen LogP contribution in [0.15, 0.2) is 24.3 Å². The van der Waals surface area contributed by atoms with Crippen molar-refractivity contribution in [3.8, 4) is 0 Å². The number of hydrogen-bond acceptors (Lipinski definition) is 3. The molecule has 94 valence electrons. The number of methoxy groups -OCH3 is 1. The van der Waals surface area contributed by atoms with Crippen LogP contribution in [0.25, 0.3) is 0 Å². The van der Waals surface area contributed by atoms with Gasteiger partial charge in [0.15, 0.2) is 0 Å². The molecule has 0 spiro atoms. The normalized spacial score (nSPS) is 10.8. The molecular weight excluding hydrogens is 218 g/mol. The monoisotopic (exact) mass is 237 g/mol. The molecule has 0 heterocycles. The fourth-order valence-electron chi connectivity index (χ4n) is 1.64. The molecule has 0 aliphatic carbocycles. The molecule has 0 amide bonds. The quantitative estimate of drug-likeness (QED) is 0.784. The van der Waals surface area contributed by atoms with Crippen molar-refractivity contribution >= 4 is 5.97 Å². The van der Waals surface area contributed by atoms with Crippen LogP contribution in [0.2, 0.25) is 0 Å². The summed E-state index contributed by atoms with van der Waals surface area (Å²) in [6, 6.07) is 8.04. The Morgan fingerprint density at radius 3 is 2.35 bits per heavy atom. The summed E-state index contributed by atoms with van der Waals surface area (Å²) in [6.45, 7) is 4.04. The molecule has 0 fully saturated rings. The number of ether oxygens (including phenoxy) is 1. The van der Waals surface area contributed by atoms with Crippen LogP contribution in [0.1, 0.15) is 18.1 Å². The number of likely N-dealkylation sites (N-methyl/N-ethyl adjacent to an activating group) is 1. The SMILES string of the molecule is CCN(CC(=O)O)Cc1ccc(COC)cc1. The van der Waals surface area contributed by atoms with Gasteiger partial charge < -0.3 is 9.84 Å². The number of aliphatic carboxylic acids is 1. The number of carboxylic acids is 1. The summed E-state index contributed by atoms with van der Waals surface area (Å²) in [5.74, 6) is -0.789. The highest BCUT2D eigenvalue weighted by Gasteiger charge is 2.07. The largest absolute Gasteiger partial charge is 0.480 e. The van der Waals surface area contributed by atoms with Gasteiger partial charge in [-0.05, 0) is 17.7 Å². The van der Waals surface area contributed by atoms with E-state index in [1.807, 2.05) is 36.1 Å². The second-order valence-corrected chi connectivity index (χ2v) is 3.95. The van der Waals surface area contributed by atoms with Gasteiger partial charge in [0.05, 0.1) is 13.2 Å². The smallest absolute Gasteiger partial charge is 0.317 e. The predicted octanol–water partition coefficient (Wildman–Crippen LogP) is 1.74. The van der Waals surface area contributed by atoms with E-state index in [2.05, 4.69) is 0 Å². The van der Waals surface area contributed by atoms with Crippen LogP contribution < -0.4 is 0 Å². The van der Waals surface area contributed by atoms with Gasteiger partial charge in [-0.25, -0.2) is 0 Å². The van der Waals surface area contributed by atoms with Crippen molar-refractivity contribution in [3.63, 3.8) is 0 Å². The second-order valence-electron chi connectivity index (χ2n) is 3.95. The number of carbonyl (C=O) groups is 1. The molecule has 1 N–H and O–H groups in total. The van der Waals surface area contributed by atoms with Gasteiger partial charge in [-0.3, -0.25) is 9.69 Å². The Morgan fingerprint density at radius 2 is 1.88 bits per heavy atom. The van der Waals surface area contributed by atoms with E-state index < -0.39 is 5.97 Å². The van der Waals surface area contributed by atoms with Gasteiger partial charge in [0, 0.05) is 13.7 Å². The van der Waals surface area contributed by atoms with E-state index in [0.29, 0.717) is 13.2 Å². The van der Waals surface area contributed by atoms with Gasteiger partial charge in [0.1, 0.15) is 0 Å². The van der Waals surface area contributed by atoms with E-state index in [0.717, 1.165) is 17.7 Å². The number of benzene rings is 1. The highest BCUT2D eigenvalue weighted by Crippen LogP contribution is 2.08. The Morgan fingerprint density at radius 1 is 1.29 bits per heavy atom. The lowest BCUT2D eigenvalue weighted by Crippen LogP contribution is -2.29. The number of rotatable bonds is 7. The maximum absolute atomic E-state index is 10.6. The van der Waals surface area contributed by atoms with Gasteiger partial charge in [-0.2, -0.15) is 0 Å². The molecule has 0 radical (unpaired) electrons. The first-order valence-electron chi connectivity index (χ1n) is 5.66. The van der Waals surface area contributed by atoms with Crippen molar-refractivity contribution in [2.24, 2.45) is 0 Å². The fourth-order valence-corrected chi connectivity index (χ4v) is 1.64. The molecule has 0 saturated carbocycles. The van der Waals surface area contributed by atoms with Crippen molar-refractivity contribution in [2.45, 2.75) is 20.1 Å². The summed E-state index contributed by atoms with van der Waals surface area (Å²) in [7, 11) is 1.67. The van der Waals surface area contributed by atoms with E-state index in [-0.39, 0.29) is 6.54 Å². The first-order valence-corrected chi connectivity index (χ1v) is 5.66. The van der Waals surface area contributed by atoms with Gasteiger partial charge in [0.2, 0.25) is 0 Å². The van der Waals surface area contributed by atoms with Gasteiger partial charge >= 0.3 is 5.97 Å². The minimum absolute atomic E-state index is 0.0797. The van der Waals surface area contributed by atoms with Crippen LogP contribution in [-0.4, -0.2) is 36.2 Å². The zero-order chi connectivity index (χ0) is 12.7. The van der Waals surface area contributed by atoms with Crippen LogP contribution in [0.3, 0.4) is 0 Å². The molecule has 0 aromatic heterocycles. The highest BCUT2D eigenvalue weighted by atomic mass is 16.5. The predicted molar refractivity (Wildman–Crippen MR) is 65.7 cm³/mol. The van der Waals surface area contributed by atoms with Crippen LogP contribution in [0.4, 0.5) is 0 Å². The first-order chi connectivity index (χ1) is 8.15. The van der Waals surface area contributed by atoms with Crippen molar-refractivity contribution in [1.29, 1.82) is 0 Å². The Balaban J connectivity index is 2.57. The average molecular weight is 237 g/mol. The Hall–Kier alpha value is -1.39. The van der Waals surface area contributed by atoms with E-state index in [9.17, 15) is 4.79 Å². The molecule has 4 nitrogen and oxygen atoms in total. The lowest BCUT2D eigenvalue weighted by molar-refractivity contribution is -0.138. The second kappa shape index (κ2) is 7.04. The molecule has 0 atom stereocenters. The summed E-state index contributed by atoms with van der Waals surface area (Å²) in [6.07, 6.45) is 0. The number of hydrogen-bond donors (Lipinski definition) is 1. The first kappa shape index (κ1) is 13.7. The summed E-state index contributed by atoms with van der Waals surface area (Å²) in [5.41, 5.74) is 2.24. The third kappa shape index (κ3) is 4.97. The third-order valence-corrected chi connectivity index (χ3v) is 2.55. The Kier molecular flexibility index (Phi) is 5.66. The molecule has 0 unspecified atom stereocenters. The molecule has 1 aromatic carbocycles. The number of carboxylic acid groups (broad SMARTS) is 1. The number of nitrogens with zero attached hydrogens (tertiary/aromatic N) is 1. The molecule has 0 bridgehead atoms. The third-order valence-electron chi connectivity index (χ3n) is 2.55. The van der Waals surface area contributed by atoms with Crippen molar-refractivity contribution < 1.29 is 14.6 Å². The standard InChI is InChI=1S/C13H19NO3/c1-3-14(9-13(15)16)8-11-4-6-12(7-5-11)10-17-2/h4-7H,3,8-10H2,1-2H3,(H,15,16). The molecule has 17 heavy (non-hydrogen) atoms. The molecule has 0 saturated heterocycles. The average Bonchev–Trinajstić information content (AvgIpc) is 2.30. The minimum Gasteiger partial charge on any atom is -0.480 e. The van der Waals surface area contributed by atoms with Crippen LogP contribution in [0.5, 0.6) is 0 Å². The fraction of sp³-hybridized carbons (Fsp3) is 0.462. The summed E-state index contributed by atoms with van der Waals surface area (Å²) in [5, 5.41) is 8.75. The summed E-state index contributed by atoms with van der Waals surface area (Å²) < 4.78 is 5.03. The Labute approximate surface area is 102 Å². The zero-order valence-corrected chi connectivity index (χ0v) is 10.3. The lowest BCUT2D eigenvalue weighted by Gasteiger charge is -2.18. The topological polar surface area (TPSA) is 49.8 Å². The molecule has 4 heteroatoms. The van der Waals surface area contributed by atoms with Crippen molar-refractivity contribution in [3.05, 3.63) is 35.4 Å². The maximum Gasteiger partial charge on any atom is 0.317 e. The van der Waals surface area contributed by atoms with Gasteiger partial charge in [0.25, 0.3) is 0 Å². The molecule has 0 aliphatic heterocycles. The van der Waals surface area contributed by atoms with E-state index >= 15 is 0 Å². The van der Waals surface area contributed by atoms with Crippen LogP contribution >= 0.6 is 0 Å². The molecule has 1 rings (SSSR count). The highest BCUT2D eigenvalue weighted by molar-refractivity contribution is 5.69. The summed E-state index contributed by atoms with van der Waals surface area (Å²) in [4.78, 5) is 12.5. The van der Waals surface area contributed by atoms with Crippen molar-refractivity contribution in [2.75, 3.05) is 20.2 Å². The molecular formula is C13H19NO3. The van der Waals surface area contributed by atoms with Gasteiger partial charge in [-0.15, -0.1) is 0 Å². The molecule has 1 aromatic rings. The van der Waals surface area contributed by atoms with E-state index in [1.54, 1.807) is 7.11 Å². The van der Waals surface area contributed by atoms with Crippen LogP contribution in [0, 0.1) is 0 Å². The van der Waals surface area contributed by atoms with Gasteiger partial charge in [-0.1, -0.05) is 31.2 Å². The van der Waals surface area contributed by atoms with E-state index in [1.165, 1.54) is 0 Å². The molecule has 0 aliphatic rings. The van der Waals surface area contributed by atoms with Crippen molar-refractivity contribution in [1.82, 2.24) is 4.90 Å². The minimum atomic E-state index is -0.789. The Bertz CT molecular complexity index is 348. The summed E-state index contributed by atoms with van der Waals surface area (Å²) >= 11 is 0. The maximum atomic E-state index is 10.6. The van der Waals surface area contributed by atoms with E-state index in [4.69, 9.17) is 9.84 Å². The zero-order valence-electron chi connectivity index (χ0n) is 10.3.